The number of carbonyl (C=O) groups excluding carboxylic acids is 1. The van der Waals surface area contributed by atoms with Crippen molar-refractivity contribution < 1.29 is 4.79 Å². The molecule has 19 heavy (non-hydrogen) atoms. The van der Waals surface area contributed by atoms with Gasteiger partial charge in [-0.15, -0.1) is 0 Å². The van der Waals surface area contributed by atoms with Crippen molar-refractivity contribution in [2.24, 2.45) is 0 Å². The Labute approximate surface area is 121 Å². The first-order valence-corrected chi connectivity index (χ1v) is 6.78. The minimum atomic E-state index is -0.143. The zero-order valence-corrected chi connectivity index (χ0v) is 12.1. The fourth-order valence-electron chi connectivity index (χ4n) is 1.82. The maximum absolute atomic E-state index is 12.2. The van der Waals surface area contributed by atoms with Crippen molar-refractivity contribution in [1.29, 1.82) is 0 Å². The first-order valence-electron chi connectivity index (χ1n) is 5.99. The summed E-state index contributed by atoms with van der Waals surface area (Å²) in [4.78, 5) is 12.2. The number of anilines is 1. The van der Waals surface area contributed by atoms with Crippen LogP contribution < -0.4 is 11.1 Å². The zero-order valence-electron chi connectivity index (χ0n) is 10.6. The van der Waals surface area contributed by atoms with Crippen LogP contribution in [0.5, 0.6) is 0 Å². The molecule has 3 N–H and O–H groups in total. The molecule has 0 spiro atoms. The van der Waals surface area contributed by atoms with Crippen molar-refractivity contribution in [3.05, 3.63) is 64.1 Å². The summed E-state index contributed by atoms with van der Waals surface area (Å²) in [6, 6.07) is 15.0. The summed E-state index contributed by atoms with van der Waals surface area (Å²) in [5.74, 6) is -0.143. The summed E-state index contributed by atoms with van der Waals surface area (Å²) < 4.78 is 0.736. The molecule has 4 heteroatoms. The van der Waals surface area contributed by atoms with Gasteiger partial charge in [-0.05, 0) is 46.6 Å². The van der Waals surface area contributed by atoms with Gasteiger partial charge in [0.05, 0.1) is 11.6 Å². The van der Waals surface area contributed by atoms with Crippen molar-refractivity contribution in [3.8, 4) is 0 Å². The number of rotatable bonds is 3. The first kappa shape index (κ1) is 13.6. The van der Waals surface area contributed by atoms with Gasteiger partial charge in [-0.2, -0.15) is 0 Å². The fourth-order valence-corrected chi connectivity index (χ4v) is 2.24. The van der Waals surface area contributed by atoms with Gasteiger partial charge < -0.3 is 11.1 Å². The van der Waals surface area contributed by atoms with Gasteiger partial charge >= 0.3 is 0 Å². The van der Waals surface area contributed by atoms with Crippen LogP contribution in [0.4, 0.5) is 5.69 Å². The molecular formula is C15H15BrN2O. The highest BCUT2D eigenvalue weighted by Crippen LogP contribution is 2.21. The molecule has 0 aliphatic rings. The molecule has 0 aliphatic heterocycles. The lowest BCUT2D eigenvalue weighted by atomic mass is 10.1. The third-order valence-electron chi connectivity index (χ3n) is 2.88. The van der Waals surface area contributed by atoms with Gasteiger partial charge in [0.15, 0.2) is 0 Å². The Morgan fingerprint density at radius 1 is 1.21 bits per heavy atom. The summed E-state index contributed by atoms with van der Waals surface area (Å²) in [5, 5.41) is 2.96. The smallest absolute Gasteiger partial charge is 0.252 e. The molecule has 2 aromatic carbocycles. The largest absolute Gasteiger partial charge is 0.399 e. The number of halogens is 1. The van der Waals surface area contributed by atoms with E-state index in [4.69, 9.17) is 5.73 Å². The molecule has 0 aliphatic carbocycles. The van der Waals surface area contributed by atoms with E-state index in [-0.39, 0.29) is 11.9 Å². The summed E-state index contributed by atoms with van der Waals surface area (Å²) in [6.45, 7) is 1.95. The molecule has 0 fully saturated rings. The van der Waals surface area contributed by atoms with Crippen molar-refractivity contribution in [2.75, 3.05) is 5.73 Å². The van der Waals surface area contributed by atoms with Crippen molar-refractivity contribution in [1.82, 2.24) is 5.32 Å². The van der Waals surface area contributed by atoms with Crippen molar-refractivity contribution >= 4 is 27.5 Å². The van der Waals surface area contributed by atoms with Crippen molar-refractivity contribution in [2.45, 2.75) is 13.0 Å². The highest BCUT2D eigenvalue weighted by atomic mass is 79.9. The van der Waals surface area contributed by atoms with Crippen LogP contribution in [0, 0.1) is 0 Å². The molecule has 0 heterocycles. The Bertz CT molecular complexity index is 584. The molecule has 0 saturated heterocycles. The second-order valence-electron chi connectivity index (χ2n) is 4.35. The maximum atomic E-state index is 12.2. The molecule has 2 rings (SSSR count). The number of carbonyl (C=O) groups is 1. The van der Waals surface area contributed by atoms with Crippen LogP contribution in [-0.2, 0) is 0 Å². The average molecular weight is 319 g/mol. The number of hydrogen-bond donors (Lipinski definition) is 2. The van der Waals surface area contributed by atoms with E-state index in [2.05, 4.69) is 21.2 Å². The Hall–Kier alpha value is -1.81. The zero-order chi connectivity index (χ0) is 13.8. The van der Waals surface area contributed by atoms with Crippen LogP contribution in [0.1, 0.15) is 28.9 Å². The molecular weight excluding hydrogens is 304 g/mol. The summed E-state index contributed by atoms with van der Waals surface area (Å²) in [5.41, 5.74) is 7.89. The number of nitrogens with two attached hydrogens (primary N) is 1. The number of amides is 1. The van der Waals surface area contributed by atoms with Crippen LogP contribution >= 0.6 is 15.9 Å². The summed E-state index contributed by atoms with van der Waals surface area (Å²) in [7, 11) is 0. The quantitative estimate of drug-likeness (QED) is 0.851. The average Bonchev–Trinajstić information content (AvgIpc) is 2.42. The number of nitrogens with one attached hydrogen (secondary N) is 1. The lowest BCUT2D eigenvalue weighted by Crippen LogP contribution is -2.27. The van der Waals surface area contributed by atoms with Crippen molar-refractivity contribution in [3.63, 3.8) is 0 Å². The van der Waals surface area contributed by atoms with Gasteiger partial charge in [0.2, 0.25) is 0 Å². The second-order valence-corrected chi connectivity index (χ2v) is 5.20. The molecule has 0 bridgehead atoms. The highest BCUT2D eigenvalue weighted by Gasteiger charge is 2.14. The Morgan fingerprint density at radius 3 is 2.58 bits per heavy atom. The minimum absolute atomic E-state index is 0.0537. The molecule has 0 unspecified atom stereocenters. The topological polar surface area (TPSA) is 55.1 Å². The normalized spacial score (nSPS) is 11.9. The lowest BCUT2D eigenvalue weighted by Gasteiger charge is -2.15. The van der Waals surface area contributed by atoms with E-state index in [1.807, 2.05) is 37.3 Å². The molecule has 0 saturated carbocycles. The Morgan fingerprint density at radius 2 is 1.89 bits per heavy atom. The predicted molar refractivity (Wildman–Crippen MR) is 80.9 cm³/mol. The SMILES string of the molecule is C[C@@H](NC(=O)c1cc(N)ccc1Br)c1ccccc1. The third kappa shape index (κ3) is 3.35. The van der Waals surface area contributed by atoms with E-state index >= 15 is 0 Å². The Balaban J connectivity index is 2.15. The number of nitrogen functional groups attached to an aromatic ring is 1. The summed E-state index contributed by atoms with van der Waals surface area (Å²) in [6.07, 6.45) is 0. The van der Waals surface area contributed by atoms with Gasteiger partial charge in [0, 0.05) is 10.2 Å². The highest BCUT2D eigenvalue weighted by molar-refractivity contribution is 9.10. The molecule has 3 nitrogen and oxygen atoms in total. The molecule has 0 aromatic heterocycles. The molecule has 2 aromatic rings. The van der Waals surface area contributed by atoms with Gasteiger partial charge in [0.25, 0.3) is 5.91 Å². The fraction of sp³-hybridized carbons (Fsp3) is 0.133. The number of benzene rings is 2. The van der Waals surface area contributed by atoms with E-state index in [1.54, 1.807) is 18.2 Å². The Kier molecular flexibility index (Phi) is 4.22. The minimum Gasteiger partial charge on any atom is -0.399 e. The van der Waals surface area contributed by atoms with E-state index in [9.17, 15) is 4.79 Å². The van der Waals surface area contributed by atoms with E-state index in [1.165, 1.54) is 0 Å². The summed E-state index contributed by atoms with van der Waals surface area (Å²) >= 11 is 3.36. The van der Waals surface area contributed by atoms with Crippen LogP contribution in [0.25, 0.3) is 0 Å². The first-order chi connectivity index (χ1) is 9.08. The second kappa shape index (κ2) is 5.89. The van der Waals surface area contributed by atoms with E-state index in [0.717, 1.165) is 10.0 Å². The molecule has 98 valence electrons. The standard InChI is InChI=1S/C15H15BrN2O/c1-10(11-5-3-2-4-6-11)18-15(19)13-9-12(17)7-8-14(13)16/h2-10H,17H2,1H3,(H,18,19)/t10-/m1/s1. The van der Waals surface area contributed by atoms with Gasteiger partial charge in [-0.1, -0.05) is 30.3 Å². The molecule has 0 radical (unpaired) electrons. The monoisotopic (exact) mass is 318 g/mol. The van der Waals surface area contributed by atoms with Crippen LogP contribution in [0.3, 0.4) is 0 Å². The van der Waals surface area contributed by atoms with Crippen LogP contribution in [0.15, 0.2) is 53.0 Å². The van der Waals surface area contributed by atoms with Gasteiger partial charge in [-0.25, -0.2) is 0 Å². The third-order valence-corrected chi connectivity index (χ3v) is 3.57. The molecule has 1 amide bonds. The number of hydrogen-bond acceptors (Lipinski definition) is 2. The van der Waals surface area contributed by atoms with E-state index < -0.39 is 0 Å². The molecule has 1 atom stereocenters. The lowest BCUT2D eigenvalue weighted by molar-refractivity contribution is 0.0939. The van der Waals surface area contributed by atoms with Crippen LogP contribution in [-0.4, -0.2) is 5.91 Å². The predicted octanol–water partition coefficient (Wildman–Crippen LogP) is 3.52. The van der Waals surface area contributed by atoms with Gasteiger partial charge in [0.1, 0.15) is 0 Å². The van der Waals surface area contributed by atoms with Crippen LogP contribution in [0.2, 0.25) is 0 Å². The maximum Gasteiger partial charge on any atom is 0.252 e. The van der Waals surface area contributed by atoms with Gasteiger partial charge in [-0.3, -0.25) is 4.79 Å². The van der Waals surface area contributed by atoms with E-state index in [0.29, 0.717) is 11.3 Å².